The van der Waals surface area contributed by atoms with E-state index in [4.69, 9.17) is 5.73 Å². The first-order valence-electron chi connectivity index (χ1n) is 5.67. The van der Waals surface area contributed by atoms with Gasteiger partial charge in [0.15, 0.2) is 0 Å². The Hall–Kier alpha value is -0.960. The zero-order chi connectivity index (χ0) is 11.3. The third-order valence-electron chi connectivity index (χ3n) is 2.62. The van der Waals surface area contributed by atoms with Crippen LogP contribution in [0.4, 0.5) is 0 Å². The minimum absolute atomic E-state index is 0.0275. The van der Waals surface area contributed by atoms with Crippen LogP contribution in [0.1, 0.15) is 50.5 Å². The average molecular weight is 207 g/mol. The van der Waals surface area contributed by atoms with Gasteiger partial charge >= 0.3 is 0 Å². The van der Waals surface area contributed by atoms with Crippen molar-refractivity contribution in [3.63, 3.8) is 0 Å². The van der Waals surface area contributed by atoms with Gasteiger partial charge in [0.1, 0.15) is 0 Å². The Bertz CT molecular complexity index is 281. The SMILES string of the molecule is CCCC(C)CC(N)c1cnc(C)cn1. The number of nitrogens with two attached hydrogens (primary N) is 1. The highest BCUT2D eigenvalue weighted by Gasteiger charge is 2.11. The molecule has 0 aliphatic heterocycles. The molecule has 1 aromatic rings. The van der Waals surface area contributed by atoms with Crippen molar-refractivity contribution in [3.05, 3.63) is 23.8 Å². The van der Waals surface area contributed by atoms with Gasteiger partial charge in [0.25, 0.3) is 0 Å². The molecule has 1 rings (SSSR count). The van der Waals surface area contributed by atoms with Crippen molar-refractivity contribution < 1.29 is 0 Å². The summed E-state index contributed by atoms with van der Waals surface area (Å²) in [6, 6.07) is 0.0275. The molecule has 2 unspecified atom stereocenters. The van der Waals surface area contributed by atoms with Crippen LogP contribution >= 0.6 is 0 Å². The molecule has 0 bridgehead atoms. The number of aromatic nitrogens is 2. The van der Waals surface area contributed by atoms with Crippen LogP contribution in [-0.2, 0) is 0 Å². The first-order valence-corrected chi connectivity index (χ1v) is 5.67. The van der Waals surface area contributed by atoms with Crippen molar-refractivity contribution in [2.24, 2.45) is 11.7 Å². The van der Waals surface area contributed by atoms with Gasteiger partial charge in [-0.05, 0) is 19.3 Å². The number of hydrogen-bond donors (Lipinski definition) is 1. The lowest BCUT2D eigenvalue weighted by Crippen LogP contribution is -2.15. The molecule has 0 aliphatic carbocycles. The Morgan fingerprint density at radius 2 is 2.07 bits per heavy atom. The van der Waals surface area contributed by atoms with E-state index in [-0.39, 0.29) is 6.04 Å². The zero-order valence-electron chi connectivity index (χ0n) is 9.90. The van der Waals surface area contributed by atoms with Crippen LogP contribution < -0.4 is 5.73 Å². The summed E-state index contributed by atoms with van der Waals surface area (Å²) in [7, 11) is 0. The van der Waals surface area contributed by atoms with Gasteiger partial charge in [0, 0.05) is 12.2 Å². The fourth-order valence-corrected chi connectivity index (χ4v) is 1.76. The molecule has 84 valence electrons. The summed E-state index contributed by atoms with van der Waals surface area (Å²) < 4.78 is 0. The normalized spacial score (nSPS) is 14.9. The molecule has 15 heavy (non-hydrogen) atoms. The van der Waals surface area contributed by atoms with Gasteiger partial charge in [-0.25, -0.2) is 0 Å². The van der Waals surface area contributed by atoms with E-state index in [2.05, 4.69) is 23.8 Å². The van der Waals surface area contributed by atoms with Crippen molar-refractivity contribution in [2.45, 2.75) is 46.1 Å². The molecule has 1 aromatic heterocycles. The van der Waals surface area contributed by atoms with Crippen molar-refractivity contribution in [1.82, 2.24) is 9.97 Å². The molecule has 0 aromatic carbocycles. The van der Waals surface area contributed by atoms with E-state index in [1.54, 1.807) is 12.4 Å². The molecule has 0 aliphatic rings. The molecule has 0 fully saturated rings. The van der Waals surface area contributed by atoms with Crippen LogP contribution in [0, 0.1) is 12.8 Å². The van der Waals surface area contributed by atoms with Crippen LogP contribution in [-0.4, -0.2) is 9.97 Å². The summed E-state index contributed by atoms with van der Waals surface area (Å²) in [6.45, 7) is 6.38. The van der Waals surface area contributed by atoms with E-state index in [1.807, 2.05) is 6.92 Å². The Balaban J connectivity index is 2.53. The molecular weight excluding hydrogens is 186 g/mol. The standard InChI is InChI=1S/C12H21N3/c1-4-5-9(2)6-11(13)12-8-14-10(3)7-15-12/h7-9,11H,4-6,13H2,1-3H3. The van der Waals surface area contributed by atoms with Gasteiger partial charge in [-0.2, -0.15) is 0 Å². The van der Waals surface area contributed by atoms with Gasteiger partial charge in [-0.3, -0.25) is 9.97 Å². The fraction of sp³-hybridized carbons (Fsp3) is 0.667. The predicted molar refractivity (Wildman–Crippen MR) is 62.4 cm³/mol. The van der Waals surface area contributed by atoms with Crippen molar-refractivity contribution in [2.75, 3.05) is 0 Å². The summed E-state index contributed by atoms with van der Waals surface area (Å²) in [6.07, 6.45) is 7.00. The van der Waals surface area contributed by atoms with Gasteiger partial charge in [-0.1, -0.05) is 26.7 Å². The molecule has 0 saturated carbocycles. The van der Waals surface area contributed by atoms with Crippen LogP contribution in [0.2, 0.25) is 0 Å². The second-order valence-electron chi connectivity index (χ2n) is 4.32. The highest BCUT2D eigenvalue weighted by Crippen LogP contribution is 2.19. The van der Waals surface area contributed by atoms with E-state index in [0.29, 0.717) is 5.92 Å². The van der Waals surface area contributed by atoms with E-state index >= 15 is 0 Å². The minimum atomic E-state index is 0.0275. The smallest absolute Gasteiger partial charge is 0.0754 e. The maximum absolute atomic E-state index is 6.07. The third-order valence-corrected chi connectivity index (χ3v) is 2.62. The average Bonchev–Trinajstić information content (AvgIpc) is 2.18. The van der Waals surface area contributed by atoms with Crippen molar-refractivity contribution in [3.8, 4) is 0 Å². The van der Waals surface area contributed by atoms with Gasteiger partial charge in [0.2, 0.25) is 0 Å². The first-order chi connectivity index (χ1) is 7.13. The van der Waals surface area contributed by atoms with E-state index in [1.165, 1.54) is 12.8 Å². The largest absolute Gasteiger partial charge is 0.323 e. The monoisotopic (exact) mass is 207 g/mol. The highest BCUT2D eigenvalue weighted by atomic mass is 14.8. The lowest BCUT2D eigenvalue weighted by molar-refractivity contribution is 0.435. The molecule has 3 nitrogen and oxygen atoms in total. The molecule has 0 amide bonds. The van der Waals surface area contributed by atoms with Crippen LogP contribution in [0.15, 0.2) is 12.4 Å². The van der Waals surface area contributed by atoms with Gasteiger partial charge in [0.05, 0.1) is 17.6 Å². The molecular formula is C12H21N3. The molecule has 3 heteroatoms. The van der Waals surface area contributed by atoms with Crippen molar-refractivity contribution in [1.29, 1.82) is 0 Å². The topological polar surface area (TPSA) is 51.8 Å². The third kappa shape index (κ3) is 3.96. The quantitative estimate of drug-likeness (QED) is 0.807. The highest BCUT2D eigenvalue weighted by molar-refractivity contribution is 5.05. The summed E-state index contributed by atoms with van der Waals surface area (Å²) >= 11 is 0. The summed E-state index contributed by atoms with van der Waals surface area (Å²) in [5.41, 5.74) is 7.92. The summed E-state index contributed by atoms with van der Waals surface area (Å²) in [4.78, 5) is 8.51. The predicted octanol–water partition coefficient (Wildman–Crippen LogP) is 2.61. The molecule has 1 heterocycles. The molecule has 0 radical (unpaired) electrons. The lowest BCUT2D eigenvalue weighted by atomic mass is 9.96. The summed E-state index contributed by atoms with van der Waals surface area (Å²) in [5.74, 6) is 0.660. The molecule has 2 atom stereocenters. The Morgan fingerprint density at radius 1 is 1.33 bits per heavy atom. The van der Waals surface area contributed by atoms with Gasteiger partial charge < -0.3 is 5.73 Å². The van der Waals surface area contributed by atoms with Crippen LogP contribution in [0.3, 0.4) is 0 Å². The zero-order valence-corrected chi connectivity index (χ0v) is 9.90. The minimum Gasteiger partial charge on any atom is -0.323 e. The first kappa shape index (κ1) is 12.1. The Kier molecular flexibility index (Phi) is 4.69. The Morgan fingerprint density at radius 3 is 2.60 bits per heavy atom. The maximum atomic E-state index is 6.07. The van der Waals surface area contributed by atoms with Crippen LogP contribution in [0.25, 0.3) is 0 Å². The number of hydrogen-bond acceptors (Lipinski definition) is 3. The molecule has 0 saturated heterocycles. The maximum Gasteiger partial charge on any atom is 0.0754 e. The molecule has 2 N–H and O–H groups in total. The lowest BCUT2D eigenvalue weighted by Gasteiger charge is -2.15. The number of aryl methyl sites for hydroxylation is 1. The molecule has 0 spiro atoms. The Labute approximate surface area is 92.1 Å². The second-order valence-corrected chi connectivity index (χ2v) is 4.32. The second kappa shape index (κ2) is 5.81. The van der Waals surface area contributed by atoms with E-state index < -0.39 is 0 Å². The summed E-state index contributed by atoms with van der Waals surface area (Å²) in [5, 5.41) is 0. The van der Waals surface area contributed by atoms with Gasteiger partial charge in [-0.15, -0.1) is 0 Å². The van der Waals surface area contributed by atoms with Crippen molar-refractivity contribution >= 4 is 0 Å². The van der Waals surface area contributed by atoms with E-state index in [9.17, 15) is 0 Å². The number of nitrogens with zero attached hydrogens (tertiary/aromatic N) is 2. The number of rotatable bonds is 5. The van der Waals surface area contributed by atoms with Crippen LogP contribution in [0.5, 0.6) is 0 Å². The fourth-order valence-electron chi connectivity index (χ4n) is 1.76. The van der Waals surface area contributed by atoms with E-state index in [0.717, 1.165) is 17.8 Å².